The maximum Gasteiger partial charge on any atom is 0.252 e. The first-order valence-corrected chi connectivity index (χ1v) is 9.95. The smallest absolute Gasteiger partial charge is 0.252 e. The lowest BCUT2D eigenvalue weighted by molar-refractivity contribution is 0.373. The van der Waals surface area contributed by atoms with E-state index in [1.165, 1.54) is 0 Å². The number of aromatic nitrogens is 3. The minimum Gasteiger partial charge on any atom is -0.356 e. The summed E-state index contributed by atoms with van der Waals surface area (Å²) < 4.78 is 0. The van der Waals surface area contributed by atoms with Gasteiger partial charge < -0.3 is 15.2 Å². The number of pyridine rings is 1. The van der Waals surface area contributed by atoms with Gasteiger partial charge in [0.15, 0.2) is 0 Å². The number of anilines is 1. The Bertz CT molecular complexity index is 808. The van der Waals surface area contributed by atoms with Gasteiger partial charge in [-0.2, -0.15) is 0 Å². The van der Waals surface area contributed by atoms with E-state index in [1.54, 1.807) is 6.07 Å². The molecule has 6 heteroatoms. The van der Waals surface area contributed by atoms with Crippen molar-refractivity contribution in [1.29, 1.82) is 0 Å². The maximum absolute atomic E-state index is 11.9. The topological polar surface area (TPSA) is 73.9 Å². The van der Waals surface area contributed by atoms with Crippen LogP contribution in [0.5, 0.6) is 0 Å². The second-order valence-electron chi connectivity index (χ2n) is 7.95. The number of hydrogen-bond acceptors (Lipinski definition) is 5. The van der Waals surface area contributed by atoms with E-state index in [2.05, 4.69) is 44.2 Å². The minimum absolute atomic E-state index is 0.0665. The summed E-state index contributed by atoms with van der Waals surface area (Å²) in [6.45, 7) is 10.2. The van der Waals surface area contributed by atoms with Gasteiger partial charge in [-0.25, -0.2) is 4.98 Å². The average molecular weight is 370 g/mol. The molecule has 3 rings (SSSR count). The molecule has 1 fully saturated rings. The summed E-state index contributed by atoms with van der Waals surface area (Å²) in [5, 5.41) is 3.74. The molecule has 146 valence electrons. The molecule has 1 aliphatic rings. The molecule has 0 bridgehead atoms. The Kier molecular flexibility index (Phi) is 6.26. The van der Waals surface area contributed by atoms with E-state index in [4.69, 9.17) is 0 Å². The number of H-pyrrole nitrogens is 1. The van der Waals surface area contributed by atoms with Crippen LogP contribution >= 0.6 is 0 Å². The van der Waals surface area contributed by atoms with Gasteiger partial charge in [-0.3, -0.25) is 9.78 Å². The fraction of sp³-hybridized carbons (Fsp3) is 0.571. The van der Waals surface area contributed by atoms with E-state index in [9.17, 15) is 4.79 Å². The zero-order valence-corrected chi connectivity index (χ0v) is 16.8. The summed E-state index contributed by atoms with van der Waals surface area (Å²) in [5.74, 6) is 1.78. The fourth-order valence-corrected chi connectivity index (χ4v) is 3.66. The highest BCUT2D eigenvalue weighted by Gasteiger charge is 2.22. The van der Waals surface area contributed by atoms with Crippen LogP contribution in [0.15, 0.2) is 29.1 Å². The lowest BCUT2D eigenvalue weighted by Crippen LogP contribution is -2.46. The molecule has 6 nitrogen and oxygen atoms in total. The Hall–Kier alpha value is -2.21. The molecule has 0 saturated carbocycles. The molecule has 1 unspecified atom stereocenters. The predicted molar refractivity (Wildman–Crippen MR) is 109 cm³/mol. The summed E-state index contributed by atoms with van der Waals surface area (Å²) in [5.41, 5.74) is 2.14. The molecule has 0 spiro atoms. The molecule has 0 aliphatic carbocycles. The van der Waals surface area contributed by atoms with Gasteiger partial charge >= 0.3 is 0 Å². The van der Waals surface area contributed by atoms with Crippen LogP contribution in [0.3, 0.4) is 0 Å². The highest BCUT2D eigenvalue weighted by atomic mass is 16.1. The summed E-state index contributed by atoms with van der Waals surface area (Å²) in [7, 11) is 0. The van der Waals surface area contributed by atoms with E-state index >= 15 is 0 Å². The van der Waals surface area contributed by atoms with Crippen molar-refractivity contribution < 1.29 is 0 Å². The Balaban J connectivity index is 1.54. The Morgan fingerprint density at radius 2 is 1.96 bits per heavy atom. The van der Waals surface area contributed by atoms with Gasteiger partial charge in [0.05, 0.1) is 0 Å². The van der Waals surface area contributed by atoms with Crippen LogP contribution in [0, 0.1) is 6.92 Å². The molecule has 1 atom stereocenters. The van der Waals surface area contributed by atoms with Crippen LogP contribution in [0.4, 0.5) is 5.82 Å². The van der Waals surface area contributed by atoms with Gasteiger partial charge in [0.1, 0.15) is 11.6 Å². The van der Waals surface area contributed by atoms with Crippen molar-refractivity contribution in [1.82, 2.24) is 20.3 Å². The molecule has 1 saturated heterocycles. The van der Waals surface area contributed by atoms with Crippen molar-refractivity contribution in [3.63, 3.8) is 0 Å². The molecule has 0 aromatic carbocycles. The molecule has 0 amide bonds. The van der Waals surface area contributed by atoms with E-state index in [0.717, 1.165) is 55.4 Å². The molecule has 2 aromatic rings. The van der Waals surface area contributed by atoms with E-state index < -0.39 is 0 Å². The number of nitrogens with one attached hydrogen (secondary N) is 2. The summed E-state index contributed by atoms with van der Waals surface area (Å²) in [6, 6.07) is 8.70. The standard InChI is InChI=1S/C21H31N5O/c1-14(2)21-24-19(13-20(27)25-21)26-10-8-17(9-11-26)23-16(4)12-18-7-5-6-15(3)22-18/h5-7,13-14,16-17,23H,8-12H2,1-4H3,(H,24,25,27). The monoisotopic (exact) mass is 369 g/mol. The molecule has 27 heavy (non-hydrogen) atoms. The molecule has 0 radical (unpaired) electrons. The minimum atomic E-state index is -0.0665. The first-order valence-electron chi connectivity index (χ1n) is 9.95. The van der Waals surface area contributed by atoms with Crippen LogP contribution in [-0.4, -0.2) is 40.1 Å². The number of piperidine rings is 1. The largest absolute Gasteiger partial charge is 0.356 e. The molecular formula is C21H31N5O. The SMILES string of the molecule is Cc1cccc(CC(C)NC2CCN(c3cc(=O)[nH]c(C(C)C)n3)CC2)n1. The van der Waals surface area contributed by atoms with Gasteiger partial charge in [0.25, 0.3) is 5.56 Å². The normalized spacial score (nSPS) is 16.7. The predicted octanol–water partition coefficient (Wildman–Crippen LogP) is 2.79. The second-order valence-corrected chi connectivity index (χ2v) is 7.95. The highest BCUT2D eigenvalue weighted by molar-refractivity contribution is 5.38. The zero-order chi connectivity index (χ0) is 19.4. The van der Waals surface area contributed by atoms with Crippen LogP contribution in [-0.2, 0) is 6.42 Å². The van der Waals surface area contributed by atoms with Gasteiger partial charge in [-0.05, 0) is 38.8 Å². The van der Waals surface area contributed by atoms with Crippen molar-refractivity contribution >= 4 is 5.82 Å². The maximum atomic E-state index is 11.9. The van der Waals surface area contributed by atoms with Gasteiger partial charge in [0.2, 0.25) is 0 Å². The van der Waals surface area contributed by atoms with Crippen molar-refractivity contribution in [2.75, 3.05) is 18.0 Å². The highest BCUT2D eigenvalue weighted by Crippen LogP contribution is 2.19. The molecule has 2 N–H and O–H groups in total. The van der Waals surface area contributed by atoms with Crippen LogP contribution < -0.4 is 15.8 Å². The first-order chi connectivity index (χ1) is 12.9. The average Bonchev–Trinajstić information content (AvgIpc) is 2.61. The van der Waals surface area contributed by atoms with E-state index in [1.807, 2.05) is 26.8 Å². The zero-order valence-electron chi connectivity index (χ0n) is 16.8. The van der Waals surface area contributed by atoms with Gasteiger partial charge in [0, 0.05) is 55.0 Å². The van der Waals surface area contributed by atoms with Crippen LogP contribution in [0.2, 0.25) is 0 Å². The van der Waals surface area contributed by atoms with E-state index in [0.29, 0.717) is 12.1 Å². The summed E-state index contributed by atoms with van der Waals surface area (Å²) >= 11 is 0. The number of rotatable bonds is 6. The molecule has 1 aliphatic heterocycles. The van der Waals surface area contributed by atoms with Crippen molar-refractivity contribution in [2.45, 2.75) is 65.0 Å². The Morgan fingerprint density at radius 1 is 1.22 bits per heavy atom. The second kappa shape index (κ2) is 8.65. The quantitative estimate of drug-likeness (QED) is 0.819. The van der Waals surface area contributed by atoms with Gasteiger partial charge in [-0.1, -0.05) is 19.9 Å². The number of aryl methyl sites for hydroxylation is 1. The third-order valence-corrected chi connectivity index (χ3v) is 5.09. The fourth-order valence-electron chi connectivity index (χ4n) is 3.66. The summed E-state index contributed by atoms with van der Waals surface area (Å²) in [6.07, 6.45) is 3.05. The lowest BCUT2D eigenvalue weighted by atomic mass is 10.0. The Labute approximate surface area is 161 Å². The third-order valence-electron chi connectivity index (χ3n) is 5.09. The van der Waals surface area contributed by atoms with Crippen molar-refractivity contribution in [2.24, 2.45) is 0 Å². The van der Waals surface area contributed by atoms with Crippen molar-refractivity contribution in [3.05, 3.63) is 51.8 Å². The van der Waals surface area contributed by atoms with Crippen LogP contribution in [0.1, 0.15) is 56.7 Å². The molecule has 2 aromatic heterocycles. The van der Waals surface area contributed by atoms with E-state index in [-0.39, 0.29) is 11.5 Å². The number of hydrogen-bond donors (Lipinski definition) is 2. The first kappa shape index (κ1) is 19.5. The summed E-state index contributed by atoms with van der Waals surface area (Å²) in [4.78, 5) is 26.2. The van der Waals surface area contributed by atoms with Crippen molar-refractivity contribution in [3.8, 4) is 0 Å². The van der Waals surface area contributed by atoms with Crippen LogP contribution in [0.25, 0.3) is 0 Å². The van der Waals surface area contributed by atoms with Gasteiger partial charge in [-0.15, -0.1) is 0 Å². The molecular weight excluding hydrogens is 338 g/mol. The Morgan fingerprint density at radius 3 is 2.63 bits per heavy atom. The number of nitrogens with zero attached hydrogens (tertiary/aromatic N) is 3. The molecule has 3 heterocycles. The lowest BCUT2D eigenvalue weighted by Gasteiger charge is -2.34. The third kappa shape index (κ3) is 5.39. The number of aromatic amines is 1.